The standard InChI is InChI=1S/C23H23F3N6O2/c1-12-2-7-15(24)8-17(12)22(34)29-10-13-3-5-14(6-4-13)19-18(21(28)33)20(27)32(31-19)16-9-23(25,26)30-11-16/h2-8,16,30H,9-11,27H2,1H3,(H2,28,33)(H,29,34). The van der Waals surface area contributed by atoms with Crippen LogP contribution in [0.3, 0.4) is 0 Å². The molecule has 1 saturated heterocycles. The summed E-state index contributed by atoms with van der Waals surface area (Å²) in [6.45, 7) is 1.84. The first-order valence-electron chi connectivity index (χ1n) is 10.5. The molecule has 3 aromatic rings. The number of alkyl halides is 2. The predicted molar refractivity (Wildman–Crippen MR) is 120 cm³/mol. The first-order chi connectivity index (χ1) is 16.1. The van der Waals surface area contributed by atoms with E-state index < -0.39 is 36.1 Å². The minimum atomic E-state index is -3.05. The molecule has 1 atom stereocenters. The van der Waals surface area contributed by atoms with Crippen molar-refractivity contribution in [2.45, 2.75) is 32.0 Å². The van der Waals surface area contributed by atoms with Gasteiger partial charge in [-0.3, -0.25) is 14.9 Å². The van der Waals surface area contributed by atoms with E-state index in [1.807, 2.05) is 0 Å². The summed E-state index contributed by atoms with van der Waals surface area (Å²) in [4.78, 5) is 24.4. The molecule has 1 unspecified atom stereocenters. The third-order valence-electron chi connectivity index (χ3n) is 5.75. The van der Waals surface area contributed by atoms with Crippen molar-refractivity contribution in [1.82, 2.24) is 20.4 Å². The molecule has 0 radical (unpaired) electrons. The number of nitrogens with two attached hydrogens (primary N) is 2. The summed E-state index contributed by atoms with van der Waals surface area (Å²) in [5.41, 5.74) is 13.8. The molecule has 2 amide bonds. The van der Waals surface area contributed by atoms with Crippen molar-refractivity contribution >= 4 is 17.6 Å². The predicted octanol–water partition coefficient (Wildman–Crippen LogP) is 2.74. The van der Waals surface area contributed by atoms with Crippen molar-refractivity contribution < 1.29 is 22.8 Å². The zero-order valence-corrected chi connectivity index (χ0v) is 18.2. The number of carbonyl (C=O) groups excluding carboxylic acids is 2. The van der Waals surface area contributed by atoms with Crippen LogP contribution in [0.2, 0.25) is 0 Å². The summed E-state index contributed by atoms with van der Waals surface area (Å²) >= 11 is 0. The Hall–Kier alpha value is -3.86. The number of benzene rings is 2. The van der Waals surface area contributed by atoms with Gasteiger partial charge >= 0.3 is 6.05 Å². The third kappa shape index (κ3) is 4.60. The number of rotatable bonds is 6. The lowest BCUT2D eigenvalue weighted by Gasteiger charge is -2.11. The van der Waals surface area contributed by atoms with Gasteiger partial charge in [0.2, 0.25) is 0 Å². The zero-order valence-electron chi connectivity index (χ0n) is 18.2. The lowest BCUT2D eigenvalue weighted by Crippen LogP contribution is -2.28. The van der Waals surface area contributed by atoms with E-state index in [-0.39, 0.29) is 35.7 Å². The average molecular weight is 472 g/mol. The van der Waals surface area contributed by atoms with Crippen molar-refractivity contribution in [3.05, 3.63) is 70.5 Å². The normalized spacial score (nSPS) is 17.0. The van der Waals surface area contributed by atoms with Gasteiger partial charge < -0.3 is 16.8 Å². The number of nitrogen functional groups attached to an aromatic ring is 1. The minimum Gasteiger partial charge on any atom is -0.383 e. The van der Waals surface area contributed by atoms with Crippen LogP contribution in [0.5, 0.6) is 0 Å². The maximum atomic E-state index is 13.6. The van der Waals surface area contributed by atoms with Crippen LogP contribution in [0, 0.1) is 12.7 Å². The molecule has 11 heteroatoms. The van der Waals surface area contributed by atoms with Crippen LogP contribution >= 0.6 is 0 Å². The number of anilines is 1. The highest BCUT2D eigenvalue weighted by molar-refractivity contribution is 6.03. The van der Waals surface area contributed by atoms with Crippen molar-refractivity contribution in [3.63, 3.8) is 0 Å². The van der Waals surface area contributed by atoms with Gasteiger partial charge in [-0.2, -0.15) is 13.9 Å². The van der Waals surface area contributed by atoms with Gasteiger partial charge in [0.1, 0.15) is 22.9 Å². The van der Waals surface area contributed by atoms with Gasteiger partial charge in [-0.15, -0.1) is 0 Å². The first kappa shape index (κ1) is 23.3. The van der Waals surface area contributed by atoms with E-state index >= 15 is 0 Å². The summed E-state index contributed by atoms with van der Waals surface area (Å²) < 4.78 is 41.9. The lowest BCUT2D eigenvalue weighted by molar-refractivity contribution is -0.0176. The minimum absolute atomic E-state index is 0.0437. The van der Waals surface area contributed by atoms with Crippen molar-refractivity contribution in [3.8, 4) is 11.3 Å². The highest BCUT2D eigenvalue weighted by Gasteiger charge is 2.41. The van der Waals surface area contributed by atoms with E-state index in [9.17, 15) is 22.8 Å². The zero-order chi connectivity index (χ0) is 24.6. The highest BCUT2D eigenvalue weighted by atomic mass is 19.3. The fraction of sp³-hybridized carbons (Fsp3) is 0.261. The lowest BCUT2D eigenvalue weighted by atomic mass is 10.0. The van der Waals surface area contributed by atoms with Crippen LogP contribution in [0.1, 0.15) is 44.3 Å². The maximum Gasteiger partial charge on any atom is 0.304 e. The molecular formula is C23H23F3N6O2. The number of halogens is 3. The number of aryl methyl sites for hydroxylation is 1. The van der Waals surface area contributed by atoms with E-state index in [1.165, 1.54) is 22.9 Å². The fourth-order valence-electron chi connectivity index (χ4n) is 3.95. The SMILES string of the molecule is Cc1ccc(F)cc1C(=O)NCc1ccc(-c2nn(C3CNC(F)(F)C3)c(N)c2C(N)=O)cc1. The smallest absolute Gasteiger partial charge is 0.304 e. The quantitative estimate of drug-likeness (QED) is 0.410. The molecule has 4 rings (SSSR count). The van der Waals surface area contributed by atoms with Gasteiger partial charge in [0.15, 0.2) is 0 Å². The van der Waals surface area contributed by atoms with Gasteiger partial charge in [-0.1, -0.05) is 30.3 Å². The highest BCUT2D eigenvalue weighted by Crippen LogP contribution is 2.35. The van der Waals surface area contributed by atoms with E-state index in [0.717, 1.165) is 5.56 Å². The molecule has 1 fully saturated rings. The molecule has 0 aliphatic carbocycles. The molecule has 0 spiro atoms. The molecule has 34 heavy (non-hydrogen) atoms. The Morgan fingerprint density at radius 3 is 2.56 bits per heavy atom. The average Bonchev–Trinajstić information content (AvgIpc) is 3.32. The van der Waals surface area contributed by atoms with Gasteiger partial charge in [0.25, 0.3) is 11.8 Å². The largest absolute Gasteiger partial charge is 0.383 e. The molecule has 178 valence electrons. The summed E-state index contributed by atoms with van der Waals surface area (Å²) in [7, 11) is 0. The number of aromatic nitrogens is 2. The molecule has 2 heterocycles. The molecule has 1 aliphatic heterocycles. The summed E-state index contributed by atoms with van der Waals surface area (Å²) in [6.07, 6.45) is -0.514. The van der Waals surface area contributed by atoms with Gasteiger partial charge in [-0.25, -0.2) is 9.07 Å². The Morgan fingerprint density at radius 1 is 1.24 bits per heavy atom. The molecule has 6 N–H and O–H groups in total. The second-order valence-electron chi connectivity index (χ2n) is 8.20. The van der Waals surface area contributed by atoms with Crippen LogP contribution in [-0.4, -0.2) is 34.2 Å². The van der Waals surface area contributed by atoms with Gasteiger partial charge in [-0.05, 0) is 30.2 Å². The Labute approximate surface area is 193 Å². The Bertz CT molecular complexity index is 1260. The molecule has 8 nitrogen and oxygen atoms in total. The summed E-state index contributed by atoms with van der Waals surface area (Å²) in [5, 5.41) is 9.15. The van der Waals surface area contributed by atoms with Gasteiger partial charge in [0, 0.05) is 30.6 Å². The number of hydrogen-bond acceptors (Lipinski definition) is 5. The monoisotopic (exact) mass is 472 g/mol. The third-order valence-corrected chi connectivity index (χ3v) is 5.75. The van der Waals surface area contributed by atoms with Crippen LogP contribution in [-0.2, 0) is 6.54 Å². The van der Waals surface area contributed by atoms with E-state index in [4.69, 9.17) is 11.5 Å². The number of hydrogen-bond donors (Lipinski definition) is 4. The number of primary amides is 1. The fourth-order valence-corrected chi connectivity index (χ4v) is 3.95. The first-order valence-corrected chi connectivity index (χ1v) is 10.5. The molecule has 1 aromatic heterocycles. The Balaban J connectivity index is 1.53. The van der Waals surface area contributed by atoms with Crippen molar-refractivity contribution in [1.29, 1.82) is 0 Å². The molecule has 0 saturated carbocycles. The van der Waals surface area contributed by atoms with Crippen molar-refractivity contribution in [2.75, 3.05) is 12.3 Å². The Morgan fingerprint density at radius 2 is 1.94 bits per heavy atom. The van der Waals surface area contributed by atoms with Gasteiger partial charge in [0.05, 0.1) is 6.04 Å². The van der Waals surface area contributed by atoms with Crippen LogP contribution in [0.15, 0.2) is 42.5 Å². The van der Waals surface area contributed by atoms with Crippen molar-refractivity contribution in [2.24, 2.45) is 5.73 Å². The summed E-state index contributed by atoms with van der Waals surface area (Å²) in [6, 6.07) is 6.95. The van der Waals surface area contributed by atoms with E-state index in [2.05, 4.69) is 15.7 Å². The second kappa shape index (κ2) is 8.82. The molecular weight excluding hydrogens is 449 g/mol. The summed E-state index contributed by atoms with van der Waals surface area (Å²) in [5.74, 6) is -1.81. The number of amides is 2. The molecule has 2 aromatic carbocycles. The Kier molecular flexibility index (Phi) is 6.05. The number of carbonyl (C=O) groups is 2. The number of nitrogens with one attached hydrogen (secondary N) is 2. The number of nitrogens with zero attached hydrogens (tertiary/aromatic N) is 2. The maximum absolute atomic E-state index is 13.6. The van der Waals surface area contributed by atoms with Crippen LogP contribution in [0.25, 0.3) is 11.3 Å². The van der Waals surface area contributed by atoms with E-state index in [1.54, 1.807) is 31.2 Å². The molecule has 1 aliphatic rings. The van der Waals surface area contributed by atoms with Crippen LogP contribution < -0.4 is 22.1 Å². The molecule has 0 bridgehead atoms. The second-order valence-corrected chi connectivity index (χ2v) is 8.20. The van der Waals surface area contributed by atoms with E-state index in [0.29, 0.717) is 11.1 Å². The van der Waals surface area contributed by atoms with Crippen LogP contribution in [0.4, 0.5) is 19.0 Å². The topological polar surface area (TPSA) is 128 Å².